The molecule has 1 aliphatic heterocycles. The van der Waals surface area contributed by atoms with E-state index < -0.39 is 0 Å². The van der Waals surface area contributed by atoms with Gasteiger partial charge in [0.1, 0.15) is 0 Å². The lowest BCUT2D eigenvalue weighted by Crippen LogP contribution is -2.46. The molecular formula is C19H21N3O2. The highest BCUT2D eigenvalue weighted by Crippen LogP contribution is 2.16. The van der Waals surface area contributed by atoms with Crippen molar-refractivity contribution in [3.63, 3.8) is 0 Å². The molecule has 1 aliphatic rings. The SMILES string of the molecule is CN(C(=O)c1cccc(C(=O)N2CCNCC2)c1)c1ccccc1. The monoisotopic (exact) mass is 323 g/mol. The van der Waals surface area contributed by atoms with Gasteiger partial charge in [0.25, 0.3) is 11.8 Å². The molecular weight excluding hydrogens is 302 g/mol. The number of hydrogen-bond acceptors (Lipinski definition) is 3. The molecule has 0 spiro atoms. The molecule has 124 valence electrons. The fourth-order valence-corrected chi connectivity index (χ4v) is 2.80. The smallest absolute Gasteiger partial charge is 0.258 e. The van der Waals surface area contributed by atoms with E-state index in [0.29, 0.717) is 24.2 Å². The summed E-state index contributed by atoms with van der Waals surface area (Å²) < 4.78 is 0. The van der Waals surface area contributed by atoms with E-state index in [0.717, 1.165) is 18.8 Å². The predicted molar refractivity (Wildman–Crippen MR) is 94.4 cm³/mol. The summed E-state index contributed by atoms with van der Waals surface area (Å²) in [6.45, 7) is 3.00. The molecule has 0 radical (unpaired) electrons. The Labute approximate surface area is 141 Å². The minimum atomic E-state index is -0.129. The molecule has 1 heterocycles. The second kappa shape index (κ2) is 7.27. The Kier molecular flexibility index (Phi) is 4.91. The molecule has 0 bridgehead atoms. The Morgan fingerprint density at radius 3 is 2.33 bits per heavy atom. The Morgan fingerprint density at radius 2 is 1.62 bits per heavy atom. The molecule has 1 N–H and O–H groups in total. The molecule has 2 aromatic carbocycles. The van der Waals surface area contributed by atoms with Crippen molar-refractivity contribution in [2.45, 2.75) is 0 Å². The van der Waals surface area contributed by atoms with E-state index in [2.05, 4.69) is 5.32 Å². The van der Waals surface area contributed by atoms with E-state index >= 15 is 0 Å². The van der Waals surface area contributed by atoms with Crippen LogP contribution >= 0.6 is 0 Å². The standard InChI is InChI=1S/C19H21N3O2/c1-21(17-8-3-2-4-9-17)18(23)15-6-5-7-16(14-15)19(24)22-12-10-20-11-13-22/h2-9,14,20H,10-13H2,1H3. The van der Waals surface area contributed by atoms with Crippen molar-refractivity contribution in [3.8, 4) is 0 Å². The summed E-state index contributed by atoms with van der Waals surface area (Å²) in [5, 5.41) is 3.23. The van der Waals surface area contributed by atoms with Gasteiger partial charge in [-0.1, -0.05) is 24.3 Å². The van der Waals surface area contributed by atoms with Crippen molar-refractivity contribution in [3.05, 3.63) is 65.7 Å². The van der Waals surface area contributed by atoms with Crippen LogP contribution in [0.4, 0.5) is 5.69 Å². The first kappa shape index (κ1) is 16.2. The molecule has 0 saturated carbocycles. The summed E-state index contributed by atoms with van der Waals surface area (Å²) >= 11 is 0. The highest BCUT2D eigenvalue weighted by Gasteiger charge is 2.20. The van der Waals surface area contributed by atoms with E-state index in [4.69, 9.17) is 0 Å². The van der Waals surface area contributed by atoms with Crippen LogP contribution in [0.5, 0.6) is 0 Å². The van der Waals surface area contributed by atoms with Gasteiger partial charge in [-0.15, -0.1) is 0 Å². The van der Waals surface area contributed by atoms with E-state index in [1.54, 1.807) is 36.2 Å². The van der Waals surface area contributed by atoms with E-state index in [1.165, 1.54) is 0 Å². The average Bonchev–Trinajstić information content (AvgIpc) is 2.67. The molecule has 5 nitrogen and oxygen atoms in total. The molecule has 0 aliphatic carbocycles. The molecule has 0 atom stereocenters. The number of carbonyl (C=O) groups is 2. The Bertz CT molecular complexity index is 724. The molecule has 2 aromatic rings. The molecule has 5 heteroatoms. The Balaban J connectivity index is 1.79. The second-order valence-corrected chi connectivity index (χ2v) is 5.82. The van der Waals surface area contributed by atoms with E-state index in [9.17, 15) is 9.59 Å². The lowest BCUT2D eigenvalue weighted by molar-refractivity contribution is 0.0736. The van der Waals surface area contributed by atoms with Crippen molar-refractivity contribution in [1.29, 1.82) is 0 Å². The second-order valence-electron chi connectivity index (χ2n) is 5.82. The Hall–Kier alpha value is -2.66. The van der Waals surface area contributed by atoms with Crippen LogP contribution in [0.25, 0.3) is 0 Å². The number of nitrogens with one attached hydrogen (secondary N) is 1. The zero-order valence-electron chi connectivity index (χ0n) is 13.7. The predicted octanol–water partition coefficient (Wildman–Crippen LogP) is 2.01. The fourth-order valence-electron chi connectivity index (χ4n) is 2.80. The lowest BCUT2D eigenvalue weighted by atomic mass is 10.1. The largest absolute Gasteiger partial charge is 0.336 e. The first-order chi connectivity index (χ1) is 11.7. The number of carbonyl (C=O) groups excluding carboxylic acids is 2. The quantitative estimate of drug-likeness (QED) is 0.940. The molecule has 2 amide bonds. The number of para-hydroxylation sites is 1. The normalized spacial score (nSPS) is 14.3. The van der Waals surface area contributed by atoms with Crippen LogP contribution in [0.15, 0.2) is 54.6 Å². The van der Waals surface area contributed by atoms with Gasteiger partial charge in [0.05, 0.1) is 0 Å². The fraction of sp³-hybridized carbons (Fsp3) is 0.263. The number of anilines is 1. The lowest BCUT2D eigenvalue weighted by Gasteiger charge is -2.27. The summed E-state index contributed by atoms with van der Waals surface area (Å²) in [4.78, 5) is 28.7. The van der Waals surface area contributed by atoms with Crippen molar-refractivity contribution >= 4 is 17.5 Å². The van der Waals surface area contributed by atoms with Crippen molar-refractivity contribution in [2.24, 2.45) is 0 Å². The van der Waals surface area contributed by atoms with Gasteiger partial charge in [0.15, 0.2) is 0 Å². The summed E-state index contributed by atoms with van der Waals surface area (Å²) in [6.07, 6.45) is 0. The van der Waals surface area contributed by atoms with Crippen LogP contribution in [-0.4, -0.2) is 49.9 Å². The van der Waals surface area contributed by atoms with Gasteiger partial charge in [0.2, 0.25) is 0 Å². The van der Waals surface area contributed by atoms with Gasteiger partial charge in [-0.05, 0) is 30.3 Å². The first-order valence-electron chi connectivity index (χ1n) is 8.10. The van der Waals surface area contributed by atoms with Crippen LogP contribution in [0, 0.1) is 0 Å². The summed E-state index contributed by atoms with van der Waals surface area (Å²) in [7, 11) is 1.74. The van der Waals surface area contributed by atoms with E-state index in [1.807, 2.05) is 35.2 Å². The maximum Gasteiger partial charge on any atom is 0.258 e. The number of rotatable bonds is 3. The summed E-state index contributed by atoms with van der Waals surface area (Å²) in [5.74, 6) is -0.148. The summed E-state index contributed by atoms with van der Waals surface area (Å²) in [6, 6.07) is 16.4. The molecule has 1 fully saturated rings. The van der Waals surface area contributed by atoms with Crippen molar-refractivity contribution in [2.75, 3.05) is 38.1 Å². The molecule has 24 heavy (non-hydrogen) atoms. The van der Waals surface area contributed by atoms with Gasteiger partial charge in [0, 0.05) is 50.0 Å². The summed E-state index contributed by atoms with van der Waals surface area (Å²) in [5.41, 5.74) is 1.90. The van der Waals surface area contributed by atoms with Gasteiger partial charge in [-0.25, -0.2) is 0 Å². The third kappa shape index (κ3) is 3.46. The number of amides is 2. The average molecular weight is 323 g/mol. The van der Waals surface area contributed by atoms with Crippen LogP contribution in [-0.2, 0) is 0 Å². The molecule has 0 aromatic heterocycles. The van der Waals surface area contributed by atoms with Crippen LogP contribution < -0.4 is 10.2 Å². The maximum atomic E-state index is 12.7. The maximum absolute atomic E-state index is 12.7. The highest BCUT2D eigenvalue weighted by atomic mass is 16.2. The van der Waals surface area contributed by atoms with Crippen LogP contribution in [0.2, 0.25) is 0 Å². The molecule has 1 saturated heterocycles. The minimum Gasteiger partial charge on any atom is -0.336 e. The van der Waals surface area contributed by atoms with E-state index in [-0.39, 0.29) is 11.8 Å². The topological polar surface area (TPSA) is 52.7 Å². The van der Waals surface area contributed by atoms with Crippen molar-refractivity contribution in [1.82, 2.24) is 10.2 Å². The molecule has 0 unspecified atom stereocenters. The first-order valence-corrected chi connectivity index (χ1v) is 8.10. The third-order valence-corrected chi connectivity index (χ3v) is 4.21. The highest BCUT2D eigenvalue weighted by molar-refractivity contribution is 6.07. The third-order valence-electron chi connectivity index (χ3n) is 4.21. The number of benzene rings is 2. The molecule has 3 rings (SSSR count). The van der Waals surface area contributed by atoms with Crippen LogP contribution in [0.1, 0.15) is 20.7 Å². The zero-order valence-corrected chi connectivity index (χ0v) is 13.7. The van der Waals surface area contributed by atoms with Gasteiger partial charge in [-0.2, -0.15) is 0 Å². The minimum absolute atomic E-state index is 0.0199. The Morgan fingerprint density at radius 1 is 0.958 bits per heavy atom. The zero-order chi connectivity index (χ0) is 16.9. The van der Waals surface area contributed by atoms with Gasteiger partial charge >= 0.3 is 0 Å². The van der Waals surface area contributed by atoms with Gasteiger partial charge in [-0.3, -0.25) is 9.59 Å². The number of hydrogen-bond donors (Lipinski definition) is 1. The van der Waals surface area contributed by atoms with Crippen molar-refractivity contribution < 1.29 is 9.59 Å². The van der Waals surface area contributed by atoms with Crippen LogP contribution in [0.3, 0.4) is 0 Å². The number of nitrogens with zero attached hydrogens (tertiary/aromatic N) is 2. The van der Waals surface area contributed by atoms with Gasteiger partial charge < -0.3 is 15.1 Å². The number of piperazine rings is 1.